The van der Waals surface area contributed by atoms with E-state index in [1.54, 1.807) is 12.1 Å². The molecule has 1 aromatic carbocycles. The van der Waals surface area contributed by atoms with Gasteiger partial charge in [0, 0.05) is 38.5 Å². The second-order valence-electron chi connectivity index (χ2n) is 7.67. The number of piperazine rings is 1. The SMILES string of the molecule is CC(C(=O)N1CCN(C(=O)CCc2ccc(F)cc2)CC1)C1CCCC1. The van der Waals surface area contributed by atoms with Crippen LogP contribution in [0.25, 0.3) is 0 Å². The van der Waals surface area contributed by atoms with Crippen LogP contribution in [0.15, 0.2) is 24.3 Å². The number of rotatable bonds is 5. The van der Waals surface area contributed by atoms with E-state index in [9.17, 15) is 14.0 Å². The highest BCUT2D eigenvalue weighted by molar-refractivity contribution is 5.80. The maximum atomic E-state index is 12.9. The van der Waals surface area contributed by atoms with Crippen molar-refractivity contribution in [3.63, 3.8) is 0 Å². The van der Waals surface area contributed by atoms with Crippen LogP contribution < -0.4 is 0 Å². The van der Waals surface area contributed by atoms with Crippen molar-refractivity contribution in [3.8, 4) is 0 Å². The van der Waals surface area contributed by atoms with Gasteiger partial charge in [0.2, 0.25) is 11.8 Å². The summed E-state index contributed by atoms with van der Waals surface area (Å²) < 4.78 is 12.9. The molecule has 2 fully saturated rings. The molecule has 0 bridgehead atoms. The molecule has 1 saturated carbocycles. The number of aryl methyl sites for hydroxylation is 1. The summed E-state index contributed by atoms with van der Waals surface area (Å²) in [5, 5.41) is 0. The highest BCUT2D eigenvalue weighted by Crippen LogP contribution is 2.32. The predicted octanol–water partition coefficient (Wildman–Crippen LogP) is 3.26. The normalized spacial score (nSPS) is 19.6. The van der Waals surface area contributed by atoms with Crippen molar-refractivity contribution in [2.75, 3.05) is 26.2 Å². The third-order valence-electron chi connectivity index (χ3n) is 5.98. The molecule has 26 heavy (non-hydrogen) atoms. The fraction of sp³-hybridized carbons (Fsp3) is 0.619. The molecular formula is C21H29FN2O2. The van der Waals surface area contributed by atoms with Crippen LogP contribution in [0.4, 0.5) is 4.39 Å². The zero-order valence-electron chi connectivity index (χ0n) is 15.6. The molecule has 2 amide bonds. The fourth-order valence-corrected chi connectivity index (χ4v) is 4.18. The Labute approximate surface area is 155 Å². The van der Waals surface area contributed by atoms with Crippen LogP contribution in [0, 0.1) is 17.7 Å². The molecule has 0 radical (unpaired) electrons. The molecule has 1 unspecified atom stereocenters. The minimum atomic E-state index is -0.257. The van der Waals surface area contributed by atoms with Gasteiger partial charge in [-0.05, 0) is 42.9 Å². The third kappa shape index (κ3) is 4.63. The summed E-state index contributed by atoms with van der Waals surface area (Å²) in [4.78, 5) is 28.9. The molecule has 1 saturated heterocycles. The van der Waals surface area contributed by atoms with Gasteiger partial charge in [0.15, 0.2) is 0 Å². The summed E-state index contributed by atoms with van der Waals surface area (Å²) >= 11 is 0. The fourth-order valence-electron chi connectivity index (χ4n) is 4.18. The predicted molar refractivity (Wildman–Crippen MR) is 99.0 cm³/mol. The van der Waals surface area contributed by atoms with Gasteiger partial charge in [-0.2, -0.15) is 0 Å². The number of nitrogens with zero attached hydrogens (tertiary/aromatic N) is 2. The Morgan fingerprint density at radius 1 is 1.04 bits per heavy atom. The number of hydrogen-bond donors (Lipinski definition) is 0. The van der Waals surface area contributed by atoms with E-state index < -0.39 is 0 Å². The molecule has 0 aromatic heterocycles. The van der Waals surface area contributed by atoms with Crippen LogP contribution in [0.3, 0.4) is 0 Å². The van der Waals surface area contributed by atoms with Crippen LogP contribution in [-0.4, -0.2) is 47.8 Å². The first-order valence-electron chi connectivity index (χ1n) is 9.85. The minimum absolute atomic E-state index is 0.109. The largest absolute Gasteiger partial charge is 0.339 e. The number of hydrogen-bond acceptors (Lipinski definition) is 2. The van der Waals surface area contributed by atoms with Crippen LogP contribution in [0.2, 0.25) is 0 Å². The Hall–Kier alpha value is -1.91. The third-order valence-corrected chi connectivity index (χ3v) is 5.98. The van der Waals surface area contributed by atoms with E-state index in [4.69, 9.17) is 0 Å². The first kappa shape index (κ1) is 18.9. The molecule has 1 aromatic rings. The van der Waals surface area contributed by atoms with Crippen molar-refractivity contribution in [1.29, 1.82) is 0 Å². The van der Waals surface area contributed by atoms with Gasteiger partial charge >= 0.3 is 0 Å². The minimum Gasteiger partial charge on any atom is -0.339 e. The van der Waals surface area contributed by atoms with Crippen molar-refractivity contribution < 1.29 is 14.0 Å². The highest BCUT2D eigenvalue weighted by Gasteiger charge is 2.32. The standard InChI is InChI=1S/C21H29FN2O2/c1-16(18-4-2-3-5-18)21(26)24-14-12-23(13-15-24)20(25)11-8-17-6-9-19(22)10-7-17/h6-7,9-10,16,18H,2-5,8,11-15H2,1H3. The van der Waals surface area contributed by atoms with Gasteiger partial charge in [0.1, 0.15) is 5.82 Å². The van der Waals surface area contributed by atoms with E-state index in [1.807, 2.05) is 9.80 Å². The van der Waals surface area contributed by atoms with Crippen molar-refractivity contribution in [2.24, 2.45) is 11.8 Å². The van der Waals surface area contributed by atoms with E-state index >= 15 is 0 Å². The van der Waals surface area contributed by atoms with E-state index in [1.165, 1.54) is 37.8 Å². The maximum absolute atomic E-state index is 12.9. The molecule has 142 valence electrons. The van der Waals surface area contributed by atoms with Gasteiger partial charge in [0.05, 0.1) is 0 Å². The average Bonchev–Trinajstić information content (AvgIpc) is 3.21. The Kier molecular flexibility index (Phi) is 6.28. The molecule has 1 aliphatic heterocycles. The van der Waals surface area contributed by atoms with Crippen molar-refractivity contribution in [3.05, 3.63) is 35.6 Å². The lowest BCUT2D eigenvalue weighted by molar-refractivity contribution is -0.142. The maximum Gasteiger partial charge on any atom is 0.225 e. The molecule has 2 aliphatic rings. The number of benzene rings is 1. The molecular weight excluding hydrogens is 331 g/mol. The Morgan fingerprint density at radius 3 is 2.23 bits per heavy atom. The number of carbonyl (C=O) groups excluding carboxylic acids is 2. The summed E-state index contributed by atoms with van der Waals surface area (Å²) in [6.07, 6.45) is 5.90. The van der Waals surface area contributed by atoms with Crippen LogP contribution >= 0.6 is 0 Å². The van der Waals surface area contributed by atoms with Gasteiger partial charge in [-0.15, -0.1) is 0 Å². The first-order chi connectivity index (χ1) is 12.5. The van der Waals surface area contributed by atoms with Gasteiger partial charge in [-0.3, -0.25) is 9.59 Å². The molecule has 3 rings (SSSR count). The van der Waals surface area contributed by atoms with Gasteiger partial charge in [-0.1, -0.05) is 31.9 Å². The molecule has 1 heterocycles. The zero-order valence-corrected chi connectivity index (χ0v) is 15.6. The number of halogens is 1. The molecule has 1 aliphatic carbocycles. The summed E-state index contributed by atoms with van der Waals surface area (Å²) in [5.41, 5.74) is 0.971. The Bertz CT molecular complexity index is 617. The molecule has 0 spiro atoms. The monoisotopic (exact) mass is 360 g/mol. The second-order valence-corrected chi connectivity index (χ2v) is 7.67. The van der Waals surface area contributed by atoms with E-state index in [2.05, 4.69) is 6.92 Å². The lowest BCUT2D eigenvalue weighted by atomic mass is 9.91. The molecule has 4 nitrogen and oxygen atoms in total. The van der Waals surface area contributed by atoms with Crippen molar-refractivity contribution >= 4 is 11.8 Å². The Balaban J connectivity index is 1.43. The summed E-state index contributed by atoms with van der Waals surface area (Å²) in [6.45, 7) is 4.58. The molecule has 5 heteroatoms. The smallest absolute Gasteiger partial charge is 0.225 e. The van der Waals surface area contributed by atoms with Crippen molar-refractivity contribution in [2.45, 2.75) is 45.4 Å². The lowest BCUT2D eigenvalue weighted by Gasteiger charge is -2.37. The van der Waals surface area contributed by atoms with E-state index in [0.29, 0.717) is 44.9 Å². The van der Waals surface area contributed by atoms with Gasteiger partial charge in [0.25, 0.3) is 0 Å². The zero-order chi connectivity index (χ0) is 18.5. The second kappa shape index (κ2) is 8.65. The summed E-state index contributed by atoms with van der Waals surface area (Å²) in [6, 6.07) is 6.30. The van der Waals surface area contributed by atoms with Gasteiger partial charge < -0.3 is 9.80 Å². The molecule has 1 atom stereocenters. The topological polar surface area (TPSA) is 40.6 Å². The van der Waals surface area contributed by atoms with Crippen LogP contribution in [-0.2, 0) is 16.0 Å². The van der Waals surface area contributed by atoms with E-state index in [-0.39, 0.29) is 23.5 Å². The number of carbonyl (C=O) groups is 2. The average molecular weight is 360 g/mol. The van der Waals surface area contributed by atoms with E-state index in [0.717, 1.165) is 5.56 Å². The lowest BCUT2D eigenvalue weighted by Crippen LogP contribution is -2.52. The Morgan fingerprint density at radius 2 is 1.62 bits per heavy atom. The summed E-state index contributed by atoms with van der Waals surface area (Å²) in [5.74, 6) is 0.768. The summed E-state index contributed by atoms with van der Waals surface area (Å²) in [7, 11) is 0. The van der Waals surface area contributed by atoms with Crippen LogP contribution in [0.1, 0.15) is 44.6 Å². The highest BCUT2D eigenvalue weighted by atomic mass is 19.1. The number of amides is 2. The first-order valence-corrected chi connectivity index (χ1v) is 9.85. The van der Waals surface area contributed by atoms with Crippen molar-refractivity contribution in [1.82, 2.24) is 9.80 Å². The quantitative estimate of drug-likeness (QED) is 0.809. The van der Waals surface area contributed by atoms with Gasteiger partial charge in [-0.25, -0.2) is 4.39 Å². The molecule has 0 N–H and O–H groups in total. The van der Waals surface area contributed by atoms with Crippen LogP contribution in [0.5, 0.6) is 0 Å².